The molecule has 0 aliphatic rings. The molecule has 0 spiro atoms. The molecule has 1 aromatic carbocycles. The Morgan fingerprint density at radius 1 is 1.42 bits per heavy atom. The van der Waals surface area contributed by atoms with Gasteiger partial charge in [0.15, 0.2) is 0 Å². The average Bonchev–Trinajstić information content (AvgIpc) is 2.41. The fraction of sp³-hybridized carbons (Fsp3) is 0.500. The van der Waals surface area contributed by atoms with E-state index in [9.17, 15) is 14.3 Å². The van der Waals surface area contributed by atoms with Crippen LogP contribution in [0, 0.1) is 5.82 Å². The molecule has 0 fully saturated rings. The first-order valence-corrected chi connectivity index (χ1v) is 6.54. The molecular formula is C14H21FN2O2. The number of halogens is 1. The average molecular weight is 268 g/mol. The van der Waals surface area contributed by atoms with Crippen LogP contribution in [-0.2, 0) is 0 Å². The van der Waals surface area contributed by atoms with Gasteiger partial charge in [0.1, 0.15) is 11.6 Å². The number of carbonyl (C=O) groups excluding carboxylic acids is 1. The Balaban J connectivity index is 3.08. The zero-order valence-corrected chi connectivity index (χ0v) is 11.4. The fourth-order valence-electron chi connectivity index (χ4n) is 2.15. The lowest BCUT2D eigenvalue weighted by atomic mass is 10.1. The van der Waals surface area contributed by atoms with Crippen molar-refractivity contribution in [1.29, 1.82) is 0 Å². The number of aromatic hydroxyl groups is 1. The van der Waals surface area contributed by atoms with Crippen LogP contribution in [-0.4, -0.2) is 35.0 Å². The van der Waals surface area contributed by atoms with Crippen LogP contribution in [0.25, 0.3) is 0 Å². The van der Waals surface area contributed by atoms with Crippen LogP contribution in [0.15, 0.2) is 18.2 Å². The van der Waals surface area contributed by atoms with Gasteiger partial charge in [-0.2, -0.15) is 0 Å². The smallest absolute Gasteiger partial charge is 0.258 e. The van der Waals surface area contributed by atoms with E-state index in [4.69, 9.17) is 5.73 Å². The van der Waals surface area contributed by atoms with Crippen molar-refractivity contribution in [3.05, 3.63) is 29.6 Å². The molecule has 0 aromatic heterocycles. The Hall–Kier alpha value is -1.62. The molecule has 0 bridgehead atoms. The van der Waals surface area contributed by atoms with Crippen molar-refractivity contribution >= 4 is 5.91 Å². The quantitative estimate of drug-likeness (QED) is 0.830. The summed E-state index contributed by atoms with van der Waals surface area (Å²) >= 11 is 0. The van der Waals surface area contributed by atoms with Crippen molar-refractivity contribution in [2.75, 3.05) is 13.1 Å². The van der Waals surface area contributed by atoms with Crippen molar-refractivity contribution in [1.82, 2.24) is 4.90 Å². The molecule has 0 saturated heterocycles. The summed E-state index contributed by atoms with van der Waals surface area (Å²) in [6, 6.07) is 3.41. The number of hydrogen-bond donors (Lipinski definition) is 2. The Bertz CT molecular complexity index is 433. The largest absolute Gasteiger partial charge is 0.507 e. The Morgan fingerprint density at radius 2 is 2.05 bits per heavy atom. The highest BCUT2D eigenvalue weighted by Crippen LogP contribution is 2.22. The standard InChI is InChI=1S/C14H21FN2O2/c1-3-11(4-2)17(8-7-16)14(19)12-9-10(15)5-6-13(12)18/h5-6,9,11,18H,3-4,7-8,16H2,1-2H3. The zero-order chi connectivity index (χ0) is 14.4. The molecule has 0 radical (unpaired) electrons. The van der Waals surface area contributed by atoms with Crippen molar-refractivity contribution in [3.8, 4) is 5.75 Å². The van der Waals surface area contributed by atoms with Gasteiger partial charge in [0.05, 0.1) is 5.56 Å². The molecule has 0 unspecified atom stereocenters. The normalized spacial score (nSPS) is 10.8. The molecule has 3 N–H and O–H groups in total. The highest BCUT2D eigenvalue weighted by molar-refractivity contribution is 5.97. The van der Waals surface area contributed by atoms with E-state index < -0.39 is 5.82 Å². The number of hydrogen-bond acceptors (Lipinski definition) is 3. The first-order chi connectivity index (χ1) is 9.04. The number of rotatable bonds is 6. The van der Waals surface area contributed by atoms with Crippen molar-refractivity contribution in [2.24, 2.45) is 5.73 Å². The van der Waals surface area contributed by atoms with Gasteiger partial charge in [-0.1, -0.05) is 13.8 Å². The minimum Gasteiger partial charge on any atom is -0.507 e. The van der Waals surface area contributed by atoms with E-state index >= 15 is 0 Å². The minimum absolute atomic E-state index is 0.0136. The van der Waals surface area contributed by atoms with Crippen LogP contribution in [0.5, 0.6) is 5.75 Å². The van der Waals surface area contributed by atoms with Gasteiger partial charge >= 0.3 is 0 Å². The molecular weight excluding hydrogens is 247 g/mol. The molecule has 0 heterocycles. The molecule has 106 valence electrons. The maximum atomic E-state index is 13.2. The predicted molar refractivity (Wildman–Crippen MR) is 72.5 cm³/mol. The maximum Gasteiger partial charge on any atom is 0.258 e. The van der Waals surface area contributed by atoms with Crippen molar-refractivity contribution < 1.29 is 14.3 Å². The molecule has 0 aliphatic heterocycles. The number of benzene rings is 1. The third-order valence-electron chi connectivity index (χ3n) is 3.20. The molecule has 4 nitrogen and oxygen atoms in total. The van der Waals surface area contributed by atoms with Gasteiger partial charge < -0.3 is 15.7 Å². The summed E-state index contributed by atoms with van der Waals surface area (Å²) in [5, 5.41) is 9.70. The first-order valence-electron chi connectivity index (χ1n) is 6.54. The number of phenolic OH excluding ortho intramolecular Hbond substituents is 1. The monoisotopic (exact) mass is 268 g/mol. The summed E-state index contributed by atoms with van der Waals surface area (Å²) in [4.78, 5) is 14.0. The number of carbonyl (C=O) groups is 1. The van der Waals surface area contributed by atoms with Crippen molar-refractivity contribution in [2.45, 2.75) is 32.7 Å². The highest BCUT2D eigenvalue weighted by Gasteiger charge is 2.24. The Kier molecular flexibility index (Phi) is 5.76. The zero-order valence-electron chi connectivity index (χ0n) is 11.4. The predicted octanol–water partition coefficient (Wildman–Crippen LogP) is 2.12. The van der Waals surface area contributed by atoms with E-state index in [-0.39, 0.29) is 23.3 Å². The minimum atomic E-state index is -0.543. The number of phenols is 1. The Labute approximate surface area is 113 Å². The summed E-state index contributed by atoms with van der Waals surface area (Å²) in [5.74, 6) is -1.13. The number of nitrogens with zero attached hydrogens (tertiary/aromatic N) is 1. The second kappa shape index (κ2) is 7.09. The van der Waals surface area contributed by atoms with Crippen LogP contribution < -0.4 is 5.73 Å². The van der Waals surface area contributed by atoms with E-state index in [2.05, 4.69) is 0 Å². The second-order valence-electron chi connectivity index (χ2n) is 4.42. The lowest BCUT2D eigenvalue weighted by Crippen LogP contribution is -2.42. The van der Waals surface area contributed by atoms with Gasteiger partial charge in [-0.3, -0.25) is 4.79 Å². The van der Waals surface area contributed by atoms with Gasteiger partial charge in [-0.05, 0) is 31.0 Å². The summed E-state index contributed by atoms with van der Waals surface area (Å²) in [5.41, 5.74) is 5.52. The van der Waals surface area contributed by atoms with E-state index in [1.165, 1.54) is 6.07 Å². The second-order valence-corrected chi connectivity index (χ2v) is 4.42. The summed E-state index contributed by atoms with van der Waals surface area (Å²) in [6.45, 7) is 4.69. The van der Waals surface area contributed by atoms with Gasteiger partial charge in [0, 0.05) is 19.1 Å². The summed E-state index contributed by atoms with van der Waals surface area (Å²) in [7, 11) is 0. The molecule has 1 amide bonds. The van der Waals surface area contributed by atoms with Crippen molar-refractivity contribution in [3.63, 3.8) is 0 Å². The van der Waals surface area contributed by atoms with Crippen LogP contribution >= 0.6 is 0 Å². The molecule has 1 rings (SSSR count). The van der Waals surface area contributed by atoms with E-state index in [1.807, 2.05) is 13.8 Å². The van der Waals surface area contributed by atoms with E-state index in [0.29, 0.717) is 13.1 Å². The van der Waals surface area contributed by atoms with Crippen LogP contribution in [0.1, 0.15) is 37.0 Å². The van der Waals surface area contributed by atoms with E-state index in [1.54, 1.807) is 4.90 Å². The molecule has 1 aromatic rings. The third-order valence-corrected chi connectivity index (χ3v) is 3.20. The van der Waals surface area contributed by atoms with Gasteiger partial charge in [-0.25, -0.2) is 4.39 Å². The van der Waals surface area contributed by atoms with Crippen LogP contribution in [0.4, 0.5) is 4.39 Å². The lowest BCUT2D eigenvalue weighted by Gasteiger charge is -2.30. The summed E-state index contributed by atoms with van der Waals surface area (Å²) in [6.07, 6.45) is 1.58. The molecule has 19 heavy (non-hydrogen) atoms. The fourth-order valence-corrected chi connectivity index (χ4v) is 2.15. The Morgan fingerprint density at radius 3 is 2.58 bits per heavy atom. The molecule has 0 aliphatic carbocycles. The van der Waals surface area contributed by atoms with Gasteiger partial charge in [0.25, 0.3) is 5.91 Å². The lowest BCUT2D eigenvalue weighted by molar-refractivity contribution is 0.0670. The summed E-state index contributed by atoms with van der Waals surface area (Å²) < 4.78 is 13.2. The number of nitrogens with two attached hydrogens (primary N) is 1. The first kappa shape index (κ1) is 15.4. The molecule has 0 atom stereocenters. The highest BCUT2D eigenvalue weighted by atomic mass is 19.1. The molecule has 5 heteroatoms. The topological polar surface area (TPSA) is 66.6 Å². The maximum absolute atomic E-state index is 13.2. The SMILES string of the molecule is CCC(CC)N(CCN)C(=O)c1cc(F)ccc1O. The van der Waals surface area contributed by atoms with Crippen LogP contribution in [0.2, 0.25) is 0 Å². The number of amides is 1. The van der Waals surface area contributed by atoms with Gasteiger partial charge in [-0.15, -0.1) is 0 Å². The van der Waals surface area contributed by atoms with Gasteiger partial charge in [0.2, 0.25) is 0 Å². The molecule has 0 saturated carbocycles. The van der Waals surface area contributed by atoms with Crippen LogP contribution in [0.3, 0.4) is 0 Å². The third kappa shape index (κ3) is 3.67. The van der Waals surface area contributed by atoms with E-state index in [0.717, 1.165) is 25.0 Å².